The molecule has 0 amide bonds. The molecule has 114 valence electrons. The molecule has 2 aliphatic rings. The Kier molecular flexibility index (Phi) is 4.44. The van der Waals surface area contributed by atoms with Crippen molar-refractivity contribution < 1.29 is 4.79 Å². The number of benzene rings is 1. The Hall–Kier alpha value is -1.15. The molecule has 2 nitrogen and oxygen atoms in total. The lowest BCUT2D eigenvalue weighted by Gasteiger charge is -2.50. The summed E-state index contributed by atoms with van der Waals surface area (Å²) in [6.07, 6.45) is 8.52. The van der Waals surface area contributed by atoms with Crippen LogP contribution < -0.4 is 0 Å². The number of carbonyl (C=O) groups is 1. The van der Waals surface area contributed by atoms with Crippen molar-refractivity contribution in [3.05, 3.63) is 35.9 Å². The first-order valence-electron chi connectivity index (χ1n) is 8.60. The van der Waals surface area contributed by atoms with Gasteiger partial charge in [0.2, 0.25) is 0 Å². The van der Waals surface area contributed by atoms with E-state index in [4.69, 9.17) is 0 Å². The number of piperidine rings is 1. The number of Topliss-reactive ketones (excluding diaryl/α,β-unsaturated/α-hetero) is 1. The molecule has 1 aromatic rings. The summed E-state index contributed by atoms with van der Waals surface area (Å²) < 4.78 is 0. The van der Waals surface area contributed by atoms with Crippen LogP contribution in [0, 0.1) is 5.92 Å². The first kappa shape index (κ1) is 14.8. The van der Waals surface area contributed by atoms with Gasteiger partial charge in [0.1, 0.15) is 0 Å². The van der Waals surface area contributed by atoms with Crippen molar-refractivity contribution in [2.45, 2.75) is 57.4 Å². The molecule has 21 heavy (non-hydrogen) atoms. The number of ketones is 1. The third-order valence-corrected chi connectivity index (χ3v) is 5.61. The molecule has 1 aromatic carbocycles. The van der Waals surface area contributed by atoms with Crippen LogP contribution in [0.1, 0.15) is 62.2 Å². The molecule has 0 N–H and O–H groups in total. The fraction of sp³-hybridized carbons (Fsp3) is 0.632. The number of carbonyl (C=O) groups excluding carboxylic acids is 1. The van der Waals surface area contributed by atoms with Crippen LogP contribution in [0.15, 0.2) is 30.3 Å². The molecule has 0 spiro atoms. The summed E-state index contributed by atoms with van der Waals surface area (Å²) in [5.41, 5.74) is 0.664. The number of likely N-dealkylation sites (tertiary alicyclic amines) is 1. The molecule has 0 bridgehead atoms. The number of rotatable bonds is 3. The van der Waals surface area contributed by atoms with E-state index in [2.05, 4.69) is 11.8 Å². The van der Waals surface area contributed by atoms with Gasteiger partial charge in [-0.2, -0.15) is 0 Å². The lowest BCUT2D eigenvalue weighted by molar-refractivity contribution is 0.00367. The van der Waals surface area contributed by atoms with Gasteiger partial charge in [0.05, 0.1) is 5.54 Å². The second kappa shape index (κ2) is 6.31. The second-order valence-corrected chi connectivity index (χ2v) is 6.81. The maximum Gasteiger partial charge on any atom is 0.183 e. The van der Waals surface area contributed by atoms with E-state index >= 15 is 0 Å². The summed E-state index contributed by atoms with van der Waals surface area (Å²) in [6.45, 7) is 4.50. The van der Waals surface area contributed by atoms with Gasteiger partial charge < -0.3 is 0 Å². The van der Waals surface area contributed by atoms with E-state index in [0.29, 0.717) is 11.7 Å². The Morgan fingerprint density at radius 2 is 1.76 bits per heavy atom. The first-order valence-corrected chi connectivity index (χ1v) is 8.60. The Morgan fingerprint density at radius 1 is 1.05 bits per heavy atom. The second-order valence-electron chi connectivity index (χ2n) is 6.81. The average molecular weight is 285 g/mol. The molecule has 0 radical (unpaired) electrons. The summed E-state index contributed by atoms with van der Waals surface area (Å²) in [7, 11) is 0. The normalized spacial score (nSPS) is 31.0. The van der Waals surface area contributed by atoms with Crippen molar-refractivity contribution in [2.24, 2.45) is 5.92 Å². The maximum atomic E-state index is 13.4. The highest BCUT2D eigenvalue weighted by atomic mass is 16.1. The molecule has 1 aliphatic heterocycles. The molecular formula is C19H27NO. The van der Waals surface area contributed by atoms with Crippen LogP contribution in [0.2, 0.25) is 0 Å². The molecule has 2 fully saturated rings. The van der Waals surface area contributed by atoms with Gasteiger partial charge in [0.15, 0.2) is 5.78 Å². The van der Waals surface area contributed by atoms with E-state index in [1.807, 2.05) is 30.3 Å². The Balaban J connectivity index is 1.97. The van der Waals surface area contributed by atoms with Gasteiger partial charge in [-0.3, -0.25) is 9.69 Å². The minimum Gasteiger partial charge on any atom is -0.292 e. The highest BCUT2D eigenvalue weighted by Gasteiger charge is 2.49. The molecule has 2 atom stereocenters. The molecule has 0 aromatic heterocycles. The zero-order chi connectivity index (χ0) is 14.7. The van der Waals surface area contributed by atoms with Crippen LogP contribution in [-0.4, -0.2) is 29.3 Å². The highest BCUT2D eigenvalue weighted by Crippen LogP contribution is 2.42. The third kappa shape index (κ3) is 2.66. The SMILES string of the molecule is C[C@@H]1CCCC[C@@]1(C(=O)c1ccccc1)N1CCCCC1. The van der Waals surface area contributed by atoms with Gasteiger partial charge in [0, 0.05) is 5.56 Å². The predicted octanol–water partition coefficient (Wildman–Crippen LogP) is 4.30. The van der Waals surface area contributed by atoms with E-state index in [9.17, 15) is 4.79 Å². The van der Waals surface area contributed by atoms with Gasteiger partial charge in [-0.25, -0.2) is 0 Å². The van der Waals surface area contributed by atoms with Crippen molar-refractivity contribution in [1.29, 1.82) is 0 Å². The number of hydrogen-bond acceptors (Lipinski definition) is 2. The lowest BCUT2D eigenvalue weighted by atomic mass is 9.68. The standard InChI is InChI=1S/C19H27NO/c1-16-10-6-7-13-19(16,20-14-8-3-9-15-20)18(21)17-11-4-2-5-12-17/h2,4-5,11-12,16H,3,6-10,13-15H2,1H3/t16-,19-/m1/s1. The predicted molar refractivity (Wildman–Crippen MR) is 86.6 cm³/mol. The summed E-state index contributed by atoms with van der Waals surface area (Å²) >= 11 is 0. The van der Waals surface area contributed by atoms with Crippen molar-refractivity contribution in [3.63, 3.8) is 0 Å². The van der Waals surface area contributed by atoms with Crippen LogP contribution in [0.3, 0.4) is 0 Å². The topological polar surface area (TPSA) is 20.3 Å². The molecule has 1 heterocycles. The van der Waals surface area contributed by atoms with Crippen LogP contribution in [0.25, 0.3) is 0 Å². The smallest absolute Gasteiger partial charge is 0.183 e. The van der Waals surface area contributed by atoms with Gasteiger partial charge in [-0.1, -0.05) is 56.5 Å². The van der Waals surface area contributed by atoms with Crippen molar-refractivity contribution >= 4 is 5.78 Å². The van der Waals surface area contributed by atoms with Crippen LogP contribution >= 0.6 is 0 Å². The van der Waals surface area contributed by atoms with Gasteiger partial charge >= 0.3 is 0 Å². The van der Waals surface area contributed by atoms with Gasteiger partial charge in [0.25, 0.3) is 0 Å². The van der Waals surface area contributed by atoms with Crippen LogP contribution in [0.5, 0.6) is 0 Å². The lowest BCUT2D eigenvalue weighted by Crippen LogP contribution is -2.61. The molecule has 1 saturated heterocycles. The monoisotopic (exact) mass is 285 g/mol. The molecule has 0 unspecified atom stereocenters. The van der Waals surface area contributed by atoms with Crippen molar-refractivity contribution in [2.75, 3.05) is 13.1 Å². The van der Waals surface area contributed by atoms with Crippen LogP contribution in [0.4, 0.5) is 0 Å². The van der Waals surface area contributed by atoms with Crippen molar-refractivity contribution in [3.8, 4) is 0 Å². The van der Waals surface area contributed by atoms with E-state index in [1.54, 1.807) is 0 Å². The Morgan fingerprint density at radius 3 is 2.43 bits per heavy atom. The zero-order valence-corrected chi connectivity index (χ0v) is 13.2. The number of hydrogen-bond donors (Lipinski definition) is 0. The van der Waals surface area contributed by atoms with E-state index in [-0.39, 0.29) is 5.54 Å². The molecular weight excluding hydrogens is 258 g/mol. The molecule has 2 heteroatoms. The largest absolute Gasteiger partial charge is 0.292 e. The minimum atomic E-state index is -0.236. The fourth-order valence-electron chi connectivity index (χ4n) is 4.41. The summed E-state index contributed by atoms with van der Waals surface area (Å²) in [4.78, 5) is 15.9. The van der Waals surface area contributed by atoms with E-state index < -0.39 is 0 Å². The molecule has 1 saturated carbocycles. The minimum absolute atomic E-state index is 0.236. The van der Waals surface area contributed by atoms with Crippen LogP contribution in [-0.2, 0) is 0 Å². The maximum absolute atomic E-state index is 13.4. The zero-order valence-electron chi connectivity index (χ0n) is 13.2. The van der Waals surface area contributed by atoms with Gasteiger partial charge in [-0.05, 0) is 44.7 Å². The highest BCUT2D eigenvalue weighted by molar-refractivity contribution is 6.03. The average Bonchev–Trinajstić information content (AvgIpc) is 2.56. The Labute approximate surface area is 128 Å². The molecule has 1 aliphatic carbocycles. The first-order chi connectivity index (χ1) is 10.2. The summed E-state index contributed by atoms with van der Waals surface area (Å²) in [6, 6.07) is 9.97. The van der Waals surface area contributed by atoms with Crippen molar-refractivity contribution in [1.82, 2.24) is 4.90 Å². The third-order valence-electron chi connectivity index (χ3n) is 5.61. The quantitative estimate of drug-likeness (QED) is 0.772. The van der Waals surface area contributed by atoms with Gasteiger partial charge in [-0.15, -0.1) is 0 Å². The van der Waals surface area contributed by atoms with E-state index in [0.717, 1.165) is 25.1 Å². The van der Waals surface area contributed by atoms with E-state index in [1.165, 1.54) is 38.5 Å². The fourth-order valence-corrected chi connectivity index (χ4v) is 4.41. The Bertz CT molecular complexity index is 478. The number of nitrogens with zero attached hydrogens (tertiary/aromatic N) is 1. The summed E-state index contributed by atoms with van der Waals surface area (Å²) in [5.74, 6) is 0.842. The molecule has 3 rings (SSSR count). The summed E-state index contributed by atoms with van der Waals surface area (Å²) in [5, 5.41) is 0.